The van der Waals surface area contributed by atoms with Gasteiger partial charge in [-0.05, 0) is 32.1 Å². The number of unbranched alkanes of at least 4 members (excludes halogenated alkanes) is 8. The van der Waals surface area contributed by atoms with Crippen LogP contribution in [0.5, 0.6) is 0 Å². The lowest BCUT2D eigenvalue weighted by molar-refractivity contribution is -0.143. The summed E-state index contributed by atoms with van der Waals surface area (Å²) in [6, 6.07) is -3.62. The molecule has 0 bridgehead atoms. The summed E-state index contributed by atoms with van der Waals surface area (Å²) in [6.07, 6.45) is 9.93. The molecular formula is C24H43N3O8. The third-order valence-corrected chi connectivity index (χ3v) is 5.76. The van der Waals surface area contributed by atoms with Crippen LogP contribution in [0.2, 0.25) is 0 Å². The van der Waals surface area contributed by atoms with Crippen molar-refractivity contribution in [1.29, 1.82) is 0 Å². The zero-order valence-electron chi connectivity index (χ0n) is 20.8. The number of carboxylic acid groups (broad SMARTS) is 3. The molecule has 0 heterocycles. The summed E-state index contributed by atoms with van der Waals surface area (Å²) in [4.78, 5) is 57.6. The number of nitrogens with two attached hydrogens (primary N) is 1. The fraction of sp³-hybridized carbons (Fsp3) is 0.792. The van der Waals surface area contributed by atoms with E-state index in [2.05, 4.69) is 17.6 Å². The van der Waals surface area contributed by atoms with E-state index in [4.69, 9.17) is 10.8 Å². The molecule has 35 heavy (non-hydrogen) atoms. The summed E-state index contributed by atoms with van der Waals surface area (Å²) < 4.78 is 0. The summed E-state index contributed by atoms with van der Waals surface area (Å²) >= 11 is 0. The van der Waals surface area contributed by atoms with Crippen molar-refractivity contribution in [1.82, 2.24) is 10.6 Å². The highest BCUT2D eigenvalue weighted by Crippen LogP contribution is 2.11. The van der Waals surface area contributed by atoms with E-state index in [-0.39, 0.29) is 44.4 Å². The molecular weight excluding hydrogens is 458 g/mol. The first-order valence-electron chi connectivity index (χ1n) is 12.6. The second-order valence-corrected chi connectivity index (χ2v) is 8.91. The number of hydrogen-bond acceptors (Lipinski definition) is 6. The maximum atomic E-state index is 12.1. The summed E-state index contributed by atoms with van der Waals surface area (Å²) in [5.41, 5.74) is 5.32. The maximum absolute atomic E-state index is 12.1. The van der Waals surface area contributed by atoms with E-state index in [1.807, 2.05) is 0 Å². The molecule has 0 radical (unpaired) electrons. The Morgan fingerprint density at radius 1 is 0.600 bits per heavy atom. The molecule has 0 fully saturated rings. The van der Waals surface area contributed by atoms with Gasteiger partial charge in [0.2, 0.25) is 11.8 Å². The predicted molar refractivity (Wildman–Crippen MR) is 130 cm³/mol. The van der Waals surface area contributed by atoms with Crippen LogP contribution in [0, 0.1) is 0 Å². The highest BCUT2D eigenvalue weighted by atomic mass is 16.4. The molecule has 0 aromatic heterocycles. The van der Waals surface area contributed by atoms with Gasteiger partial charge in [-0.15, -0.1) is 0 Å². The van der Waals surface area contributed by atoms with Gasteiger partial charge in [-0.25, -0.2) is 9.59 Å². The molecule has 3 atom stereocenters. The number of nitrogens with one attached hydrogen (secondary N) is 2. The highest BCUT2D eigenvalue weighted by molar-refractivity contribution is 5.84. The number of carboxylic acids is 3. The van der Waals surface area contributed by atoms with Crippen molar-refractivity contribution in [3.8, 4) is 0 Å². The normalized spacial score (nSPS) is 13.4. The van der Waals surface area contributed by atoms with Crippen molar-refractivity contribution >= 4 is 29.7 Å². The Labute approximate surface area is 207 Å². The van der Waals surface area contributed by atoms with Crippen molar-refractivity contribution in [2.24, 2.45) is 5.73 Å². The molecule has 0 aliphatic heterocycles. The second kappa shape index (κ2) is 19.6. The van der Waals surface area contributed by atoms with Crippen molar-refractivity contribution in [2.45, 2.75) is 121 Å². The number of carbonyl (C=O) groups is 5. The third-order valence-electron chi connectivity index (χ3n) is 5.76. The van der Waals surface area contributed by atoms with Gasteiger partial charge in [0.1, 0.15) is 18.1 Å². The number of rotatable bonds is 22. The van der Waals surface area contributed by atoms with Gasteiger partial charge in [-0.3, -0.25) is 14.4 Å². The molecule has 2 unspecified atom stereocenters. The van der Waals surface area contributed by atoms with Crippen molar-refractivity contribution < 1.29 is 39.3 Å². The smallest absolute Gasteiger partial charge is 0.326 e. The predicted octanol–water partition coefficient (Wildman–Crippen LogP) is 2.41. The Morgan fingerprint density at radius 3 is 1.46 bits per heavy atom. The van der Waals surface area contributed by atoms with E-state index in [1.165, 1.54) is 32.1 Å². The minimum absolute atomic E-state index is 0.0162. The Morgan fingerprint density at radius 2 is 1.03 bits per heavy atom. The van der Waals surface area contributed by atoms with Crippen molar-refractivity contribution in [3.05, 3.63) is 0 Å². The average Bonchev–Trinajstić information content (AvgIpc) is 2.79. The first-order valence-corrected chi connectivity index (χ1v) is 12.6. The average molecular weight is 502 g/mol. The Bertz CT molecular complexity index is 671. The monoisotopic (exact) mass is 501 g/mol. The number of carbonyl (C=O) groups excluding carboxylic acids is 2. The number of hydrogen-bond donors (Lipinski definition) is 6. The van der Waals surface area contributed by atoms with Crippen molar-refractivity contribution in [3.63, 3.8) is 0 Å². The topological polar surface area (TPSA) is 196 Å². The minimum Gasteiger partial charge on any atom is -0.480 e. The van der Waals surface area contributed by atoms with Gasteiger partial charge in [-0.1, -0.05) is 58.3 Å². The minimum atomic E-state index is -1.29. The number of aliphatic carboxylic acids is 3. The molecule has 0 aliphatic carbocycles. The quantitative estimate of drug-likeness (QED) is 0.121. The summed E-state index contributed by atoms with van der Waals surface area (Å²) in [5, 5.41) is 32.2. The molecule has 0 saturated heterocycles. The summed E-state index contributed by atoms with van der Waals surface area (Å²) in [5.74, 6) is -4.75. The number of amides is 2. The van der Waals surface area contributed by atoms with Gasteiger partial charge in [0, 0.05) is 12.8 Å². The molecule has 0 aliphatic rings. The van der Waals surface area contributed by atoms with Crippen LogP contribution in [0.4, 0.5) is 0 Å². The Kier molecular flexibility index (Phi) is 18.1. The Balaban J connectivity index is 4.28. The lowest BCUT2D eigenvalue weighted by Crippen LogP contribution is -2.43. The molecule has 0 aromatic carbocycles. The summed E-state index contributed by atoms with van der Waals surface area (Å²) in [6.45, 7) is 2.18. The SMILES string of the molecule is CCCCCCCCCCCC(=O)NC(CCCC(NC(=O)CC[C@@H](N)C(=O)O)C(=O)O)C(=O)O. The zero-order valence-corrected chi connectivity index (χ0v) is 20.8. The van der Waals surface area contributed by atoms with Gasteiger partial charge in [-0.2, -0.15) is 0 Å². The molecule has 0 spiro atoms. The van der Waals surface area contributed by atoms with Crippen LogP contribution in [-0.2, 0) is 24.0 Å². The zero-order chi connectivity index (χ0) is 26.6. The first kappa shape index (κ1) is 32.3. The van der Waals surface area contributed by atoms with Crippen LogP contribution in [0.3, 0.4) is 0 Å². The molecule has 0 rings (SSSR count). The van der Waals surface area contributed by atoms with E-state index in [0.717, 1.165) is 19.3 Å². The largest absolute Gasteiger partial charge is 0.480 e. The van der Waals surface area contributed by atoms with Gasteiger partial charge < -0.3 is 31.7 Å². The van der Waals surface area contributed by atoms with E-state index in [0.29, 0.717) is 6.42 Å². The van der Waals surface area contributed by atoms with Crippen LogP contribution in [0.15, 0.2) is 0 Å². The highest BCUT2D eigenvalue weighted by Gasteiger charge is 2.24. The van der Waals surface area contributed by atoms with Crippen LogP contribution in [0.25, 0.3) is 0 Å². The first-order chi connectivity index (χ1) is 16.6. The van der Waals surface area contributed by atoms with Crippen LogP contribution in [-0.4, -0.2) is 63.2 Å². The van der Waals surface area contributed by atoms with E-state index < -0.39 is 41.9 Å². The molecule has 11 nitrogen and oxygen atoms in total. The van der Waals surface area contributed by atoms with E-state index in [1.54, 1.807) is 0 Å². The lowest BCUT2D eigenvalue weighted by atomic mass is 10.0. The summed E-state index contributed by atoms with van der Waals surface area (Å²) in [7, 11) is 0. The lowest BCUT2D eigenvalue weighted by Gasteiger charge is -2.18. The Hall–Kier alpha value is -2.69. The maximum Gasteiger partial charge on any atom is 0.326 e. The fourth-order valence-electron chi connectivity index (χ4n) is 3.58. The van der Waals surface area contributed by atoms with Crippen LogP contribution >= 0.6 is 0 Å². The molecule has 7 N–H and O–H groups in total. The molecule has 11 heteroatoms. The van der Waals surface area contributed by atoms with Crippen molar-refractivity contribution in [2.75, 3.05) is 0 Å². The van der Waals surface area contributed by atoms with Crippen LogP contribution < -0.4 is 16.4 Å². The molecule has 0 aromatic rings. The fourth-order valence-corrected chi connectivity index (χ4v) is 3.58. The molecule has 2 amide bonds. The van der Waals surface area contributed by atoms with Gasteiger partial charge >= 0.3 is 17.9 Å². The van der Waals surface area contributed by atoms with E-state index >= 15 is 0 Å². The molecule has 202 valence electrons. The second-order valence-electron chi connectivity index (χ2n) is 8.91. The van der Waals surface area contributed by atoms with Gasteiger partial charge in [0.25, 0.3) is 0 Å². The van der Waals surface area contributed by atoms with Gasteiger partial charge in [0.05, 0.1) is 0 Å². The van der Waals surface area contributed by atoms with Crippen LogP contribution in [0.1, 0.15) is 103 Å². The van der Waals surface area contributed by atoms with Gasteiger partial charge in [0.15, 0.2) is 0 Å². The molecule has 0 saturated carbocycles. The standard InChI is InChI=1S/C24H43N3O8/c1-2-3-4-5-6-7-8-9-10-14-20(28)26-18(23(32)33)12-11-13-19(24(34)35)27-21(29)16-15-17(25)22(30)31/h17-19H,2-16,25H2,1H3,(H,26,28)(H,27,29)(H,30,31)(H,32,33)(H,34,35)/t17-,18?,19?/m1/s1. The van der Waals surface area contributed by atoms with E-state index in [9.17, 15) is 34.2 Å². The third kappa shape index (κ3) is 17.4.